The summed E-state index contributed by atoms with van der Waals surface area (Å²) in [5, 5.41) is 62.1. The molecule has 4 atom stereocenters. The third-order valence-corrected chi connectivity index (χ3v) is 29.3. The monoisotopic (exact) mass is 2150 g/mol. The number of ether oxygens (including phenoxy) is 1. The quantitative estimate of drug-likeness (QED) is 0.0465. The molecule has 0 amide bonds. The van der Waals surface area contributed by atoms with E-state index in [1.54, 1.807) is 157 Å². The minimum Gasteiger partial charge on any atom is -0.497 e. The third-order valence-electron chi connectivity index (χ3n) is 25.1. The Morgan fingerprint density at radius 3 is 0.917 bits per heavy atom. The van der Waals surface area contributed by atoms with Crippen molar-refractivity contribution >= 4 is 194 Å². The summed E-state index contributed by atoms with van der Waals surface area (Å²) in [4.78, 5) is 35.3. The van der Waals surface area contributed by atoms with Gasteiger partial charge in [0.1, 0.15) is 43.2 Å². The summed E-state index contributed by atoms with van der Waals surface area (Å²) in [5.41, 5.74) is 11.7. The lowest BCUT2D eigenvalue weighted by Crippen LogP contribution is -2.31. The Labute approximate surface area is 894 Å². The van der Waals surface area contributed by atoms with Crippen molar-refractivity contribution in [3.8, 4) is 11.4 Å². The van der Waals surface area contributed by atoms with Gasteiger partial charge in [-0.25, -0.2) is 29.6 Å². The van der Waals surface area contributed by atoms with E-state index in [2.05, 4.69) is 45.0 Å². The SMILES string of the molecule is COc1ccc(Cc2c(Cl)nc3ccc(C(O)(c4cccnc4)c4cccc(Cl)c4)cc3c2Cl)cc1.Cn1cncc1C(O)(c1ccc(Cl)cc1)c1ccc2nc(Cl)c(Cc3ccccc3)c(Cl)c2c1.OC(c1cccnc1)(c1cccc(Cl)c1)c1ccc2nc(Cl)c(Cc3ccc(-n4cccn4)cc3)c(Cl)c2c1.OC(c1cccnc1)(c1cccc(Cl)c1)c1ccc2nc(Cl)c(Cc3ccc(Cl)cc3)c(Cl)c2c1. The first kappa shape index (κ1) is 102. The Morgan fingerprint density at radius 2 is 0.597 bits per heavy atom. The number of aliphatic hydroxyl groups is 4. The highest BCUT2D eigenvalue weighted by Gasteiger charge is 2.41. The number of imidazole rings is 1. The molecule has 0 spiro atoms. The molecule has 0 saturated heterocycles. The molecule has 0 bridgehead atoms. The van der Waals surface area contributed by atoms with Crippen molar-refractivity contribution in [3.05, 3.63) is 555 Å². The van der Waals surface area contributed by atoms with E-state index in [1.807, 2.05) is 244 Å². The van der Waals surface area contributed by atoms with Crippen LogP contribution in [0.3, 0.4) is 0 Å². The molecule has 4 N–H and O–H groups in total. The van der Waals surface area contributed by atoms with Gasteiger partial charge < -0.3 is 29.7 Å². The molecule has 0 aliphatic heterocycles. The van der Waals surface area contributed by atoms with Crippen LogP contribution in [0.4, 0.5) is 0 Å². The number of fused-ring (bicyclic) bond motifs is 4. The van der Waals surface area contributed by atoms with Crippen LogP contribution in [-0.4, -0.2) is 81.8 Å². The second-order valence-electron chi connectivity index (χ2n) is 34.0. The van der Waals surface area contributed by atoms with Gasteiger partial charge in [-0.2, -0.15) is 5.10 Å². The van der Waals surface area contributed by atoms with Crippen molar-refractivity contribution < 1.29 is 25.2 Å². The number of rotatable bonds is 22. The van der Waals surface area contributed by atoms with Crippen LogP contribution in [0.25, 0.3) is 49.3 Å². The maximum absolute atomic E-state index is 12.3. The number of benzene rings is 12. The van der Waals surface area contributed by atoms with E-state index in [9.17, 15) is 20.4 Å². The fourth-order valence-electron chi connectivity index (χ4n) is 17.6. The number of halogens is 13. The molecule has 9 heterocycles. The molecular weight excluding hydrogens is 2080 g/mol. The number of nitrogens with zero attached hydrogens (tertiary/aromatic N) is 11. The van der Waals surface area contributed by atoms with E-state index < -0.39 is 22.4 Å². The molecule has 9 aromatic heterocycles. The van der Waals surface area contributed by atoms with Crippen LogP contribution in [0.5, 0.6) is 5.75 Å². The van der Waals surface area contributed by atoms with Crippen LogP contribution in [0.2, 0.25) is 65.8 Å². The van der Waals surface area contributed by atoms with Crippen molar-refractivity contribution in [2.45, 2.75) is 48.1 Å². The number of hydrogen-bond acceptors (Lipinski definition) is 14. The van der Waals surface area contributed by atoms with E-state index in [0.29, 0.717) is 219 Å². The van der Waals surface area contributed by atoms with Gasteiger partial charge in [-0.1, -0.05) is 309 Å². The molecule has 0 radical (unpaired) electrons. The predicted molar refractivity (Wildman–Crippen MR) is 583 cm³/mol. The van der Waals surface area contributed by atoms with Gasteiger partial charge in [0, 0.05) is 168 Å². The summed E-state index contributed by atoms with van der Waals surface area (Å²) in [6, 6.07) is 96.5. The normalized spacial score (nSPS) is 13.0. The van der Waals surface area contributed by atoms with Crippen LogP contribution >= 0.6 is 151 Å². The zero-order chi connectivity index (χ0) is 101. The number of pyridine rings is 7. The van der Waals surface area contributed by atoms with E-state index in [0.717, 1.165) is 39.3 Å². The molecule has 0 fully saturated rings. The third kappa shape index (κ3) is 21.4. The summed E-state index contributed by atoms with van der Waals surface area (Å²) in [6.45, 7) is 0. The first-order valence-corrected chi connectivity index (χ1v) is 49.7. The molecular formula is C115H80Cl13N11O5. The molecule has 29 heteroatoms. The molecule has 0 aliphatic rings. The van der Waals surface area contributed by atoms with Crippen LogP contribution < -0.4 is 4.74 Å². The van der Waals surface area contributed by atoms with Crippen molar-refractivity contribution in [1.82, 2.24) is 54.2 Å². The lowest BCUT2D eigenvalue weighted by molar-refractivity contribution is 0.117. The van der Waals surface area contributed by atoms with E-state index >= 15 is 0 Å². The molecule has 0 aliphatic carbocycles. The number of aryl methyl sites for hydroxylation is 1. The van der Waals surface area contributed by atoms with Crippen LogP contribution in [0, 0.1) is 0 Å². The van der Waals surface area contributed by atoms with Gasteiger partial charge in [-0.15, -0.1) is 0 Å². The maximum Gasteiger partial charge on any atom is 0.156 e. The molecule has 4 unspecified atom stereocenters. The highest BCUT2D eigenvalue weighted by Crippen LogP contribution is 2.48. The van der Waals surface area contributed by atoms with Gasteiger partial charge in [0.05, 0.1) is 73.2 Å². The lowest BCUT2D eigenvalue weighted by Gasteiger charge is -2.30. The van der Waals surface area contributed by atoms with E-state index in [1.165, 1.54) is 0 Å². The fourth-order valence-corrected chi connectivity index (χ4v) is 20.9. The largest absolute Gasteiger partial charge is 0.497 e. The average Bonchev–Trinajstić information content (AvgIpc) is 0.803. The highest BCUT2D eigenvalue weighted by atomic mass is 35.5. The minimum atomic E-state index is -1.53. The summed E-state index contributed by atoms with van der Waals surface area (Å²) in [7, 11) is 3.47. The van der Waals surface area contributed by atoms with Gasteiger partial charge >= 0.3 is 0 Å². The Balaban J connectivity index is 0.000000126. The summed E-state index contributed by atoms with van der Waals surface area (Å²) < 4.78 is 8.84. The summed E-state index contributed by atoms with van der Waals surface area (Å²) in [6.07, 6.45) is 18.9. The fraction of sp³-hybridized carbons (Fsp3) is 0.0870. The average molecular weight is 2160 g/mol. The number of methoxy groups -OCH3 is 1. The van der Waals surface area contributed by atoms with Crippen molar-refractivity contribution in [1.29, 1.82) is 0 Å². The summed E-state index contributed by atoms with van der Waals surface area (Å²) >= 11 is 85.0. The van der Waals surface area contributed by atoms with E-state index in [-0.39, 0.29) is 0 Å². The Bertz CT molecular complexity index is 8250. The van der Waals surface area contributed by atoms with Gasteiger partial charge in [-0.3, -0.25) is 15.0 Å². The second-order valence-corrected chi connectivity index (χ2v) is 39.1. The molecule has 16 nitrogen and oxygen atoms in total. The van der Waals surface area contributed by atoms with Crippen molar-refractivity contribution in [3.63, 3.8) is 0 Å². The lowest BCUT2D eigenvalue weighted by atomic mass is 9.80. The Morgan fingerprint density at radius 1 is 0.278 bits per heavy atom. The first-order chi connectivity index (χ1) is 69.6. The topological polar surface area (TPSA) is 216 Å². The highest BCUT2D eigenvalue weighted by molar-refractivity contribution is 6.42. The van der Waals surface area contributed by atoms with Gasteiger partial charge in [0.15, 0.2) is 5.60 Å². The zero-order valence-electron chi connectivity index (χ0n) is 76.2. The molecule has 12 aromatic carbocycles. The van der Waals surface area contributed by atoms with Gasteiger partial charge in [-0.05, 0) is 224 Å². The first-order valence-electron chi connectivity index (χ1n) is 44.8. The number of aromatic nitrogens is 11. The molecule has 21 aromatic rings. The van der Waals surface area contributed by atoms with Crippen LogP contribution in [0.15, 0.2) is 378 Å². The van der Waals surface area contributed by atoms with Crippen LogP contribution in [0.1, 0.15) is 111 Å². The number of hydrogen-bond donors (Lipinski definition) is 4. The van der Waals surface area contributed by atoms with Crippen molar-refractivity contribution in [2.24, 2.45) is 7.05 Å². The molecule has 0 saturated carbocycles. The second kappa shape index (κ2) is 44.2. The smallest absolute Gasteiger partial charge is 0.156 e. The van der Waals surface area contributed by atoms with Gasteiger partial charge in [0.25, 0.3) is 0 Å². The molecule has 21 rings (SSSR count). The van der Waals surface area contributed by atoms with E-state index in [4.69, 9.17) is 156 Å². The van der Waals surface area contributed by atoms with Crippen molar-refractivity contribution in [2.75, 3.05) is 7.11 Å². The van der Waals surface area contributed by atoms with Gasteiger partial charge in [0.2, 0.25) is 0 Å². The van der Waals surface area contributed by atoms with Crippen LogP contribution in [-0.2, 0) is 55.1 Å². The summed E-state index contributed by atoms with van der Waals surface area (Å²) in [5.74, 6) is 0.771. The molecule has 144 heavy (non-hydrogen) atoms. The Kier molecular flexibility index (Phi) is 31.2. The maximum atomic E-state index is 12.3. The standard InChI is InChI=1S/C31H21Cl3N4O.C29H21Cl3N2O2.C28H18Cl4N2O.C27H20Cl3N3O/c32-24-6-1-4-21(17-24)31(39,23-5-2-13-35-19-23)22-9-12-28-26(18-22)29(33)27(30(34)37-28)16-20-7-10-25(11-8-20)38-15-3-14-36-38;1-36-23-10-7-18(8-11-23)14-25-27(31)24-16-20(9-12-26(24)34-28(25)32)29(35,21-5-3-13-33-17-21)19-4-2-6-22(30)15-19;29-21-9-6-17(7-10-21)13-24-26(31)23-15-19(8-11-25(23)34-27(24)32)28(35,20-4-2-12-33-16-20)18-3-1-5-22(30)14-18;1-33-16-31-15-24(33)27(34,18-7-10-20(28)11-8-18)19-9-12-23-21(14-19)25(29)22(26(30)32-23)13-17-5-3-2-4-6-17/h1-15,17-19,39H,16H2;2-13,15-17,35H,14H2,1H3;1-12,14-16,35H,13H2;2-12,14-16,34H,13H2,1H3. The predicted octanol–water partition coefficient (Wildman–Crippen LogP) is 30.0. The minimum absolute atomic E-state index is 0.336. The molecule has 716 valence electrons. The zero-order valence-corrected chi connectivity index (χ0v) is 86.0. The Hall–Kier alpha value is -12.4.